The number of ether oxygens (including phenoxy) is 2. The van der Waals surface area contributed by atoms with Gasteiger partial charge in [-0.3, -0.25) is 4.79 Å². The van der Waals surface area contributed by atoms with E-state index in [0.717, 1.165) is 0 Å². The zero-order chi connectivity index (χ0) is 17.9. The smallest absolute Gasteiger partial charge is 0.262 e. The van der Waals surface area contributed by atoms with Gasteiger partial charge in [0.2, 0.25) is 0 Å². The van der Waals surface area contributed by atoms with Crippen LogP contribution >= 0.6 is 34.8 Å². The topological polar surface area (TPSA) is 47.6 Å². The molecule has 0 saturated carbocycles. The second-order valence-corrected chi connectivity index (χ2v) is 6.22. The van der Waals surface area contributed by atoms with Crippen LogP contribution in [-0.4, -0.2) is 19.6 Å². The van der Waals surface area contributed by atoms with Crippen molar-refractivity contribution < 1.29 is 14.3 Å². The summed E-state index contributed by atoms with van der Waals surface area (Å²) in [5.41, 5.74) is 1.95. The molecular formula is C17H16Cl3NO3. The largest absolute Gasteiger partial charge is 0.497 e. The van der Waals surface area contributed by atoms with Gasteiger partial charge >= 0.3 is 0 Å². The molecule has 0 atom stereocenters. The van der Waals surface area contributed by atoms with E-state index < -0.39 is 0 Å². The third-order valence-corrected chi connectivity index (χ3v) is 4.91. The van der Waals surface area contributed by atoms with Crippen LogP contribution in [-0.2, 0) is 4.79 Å². The molecule has 4 nitrogen and oxygen atoms in total. The van der Waals surface area contributed by atoms with Gasteiger partial charge in [0.25, 0.3) is 5.91 Å². The van der Waals surface area contributed by atoms with Gasteiger partial charge in [0.05, 0.1) is 17.2 Å². The van der Waals surface area contributed by atoms with Crippen molar-refractivity contribution in [1.29, 1.82) is 0 Å². The Bertz CT molecular complexity index is 732. The molecule has 2 rings (SSSR count). The molecule has 0 aliphatic carbocycles. The fourth-order valence-electron chi connectivity index (χ4n) is 2.05. The number of rotatable bonds is 5. The highest BCUT2D eigenvalue weighted by Gasteiger charge is 2.18. The molecule has 0 aliphatic heterocycles. The Hall–Kier alpha value is -1.62. The molecule has 0 spiro atoms. The zero-order valence-electron chi connectivity index (χ0n) is 13.4. The average Bonchev–Trinajstić information content (AvgIpc) is 2.59. The highest BCUT2D eigenvalue weighted by molar-refractivity contribution is 6.42. The monoisotopic (exact) mass is 387 g/mol. The standard InChI is InChI=1S/C17H16Cl3NO3/c1-9-14(18)10(2)16(20)17(15(9)19)24-8-13(22)21-11-4-6-12(23-3)7-5-11/h4-7H,8H2,1-3H3,(H,21,22). The van der Waals surface area contributed by atoms with Gasteiger partial charge in [-0.1, -0.05) is 34.8 Å². The molecule has 0 fully saturated rings. The lowest BCUT2D eigenvalue weighted by atomic mass is 10.1. The third kappa shape index (κ3) is 4.07. The van der Waals surface area contributed by atoms with E-state index in [-0.39, 0.29) is 18.3 Å². The van der Waals surface area contributed by atoms with Crippen molar-refractivity contribution in [2.45, 2.75) is 13.8 Å². The van der Waals surface area contributed by atoms with Gasteiger partial charge in [-0.05, 0) is 49.2 Å². The molecule has 2 aromatic carbocycles. The van der Waals surface area contributed by atoms with Gasteiger partial charge in [0.1, 0.15) is 5.75 Å². The number of anilines is 1. The second kappa shape index (κ2) is 7.97. The normalized spacial score (nSPS) is 10.4. The zero-order valence-corrected chi connectivity index (χ0v) is 15.6. The van der Waals surface area contributed by atoms with Crippen LogP contribution in [0.25, 0.3) is 0 Å². The van der Waals surface area contributed by atoms with Crippen LogP contribution in [0.3, 0.4) is 0 Å². The van der Waals surface area contributed by atoms with Crippen molar-refractivity contribution in [3.8, 4) is 11.5 Å². The molecule has 7 heteroatoms. The Labute approximate surface area is 155 Å². The minimum atomic E-state index is -0.336. The number of halogens is 3. The number of carbonyl (C=O) groups is 1. The number of benzene rings is 2. The Morgan fingerprint density at radius 1 is 1.00 bits per heavy atom. The summed E-state index contributed by atoms with van der Waals surface area (Å²) in [5, 5.41) is 3.80. The van der Waals surface area contributed by atoms with E-state index >= 15 is 0 Å². The number of nitrogens with one attached hydrogen (secondary N) is 1. The molecule has 0 aliphatic rings. The van der Waals surface area contributed by atoms with Crippen LogP contribution in [0, 0.1) is 13.8 Å². The summed E-state index contributed by atoms with van der Waals surface area (Å²) in [6.07, 6.45) is 0. The van der Waals surface area contributed by atoms with Crippen LogP contribution in [0.2, 0.25) is 15.1 Å². The van der Waals surface area contributed by atoms with Crippen molar-refractivity contribution >= 4 is 46.4 Å². The van der Waals surface area contributed by atoms with E-state index in [0.29, 0.717) is 37.6 Å². The summed E-state index contributed by atoms with van der Waals surface area (Å²) in [5.74, 6) is 0.620. The molecule has 0 unspecified atom stereocenters. The lowest BCUT2D eigenvalue weighted by molar-refractivity contribution is -0.118. The van der Waals surface area contributed by atoms with Crippen LogP contribution in [0.15, 0.2) is 24.3 Å². The lowest BCUT2D eigenvalue weighted by Crippen LogP contribution is -2.20. The Morgan fingerprint density at radius 3 is 2.04 bits per heavy atom. The fraction of sp³-hybridized carbons (Fsp3) is 0.235. The van der Waals surface area contributed by atoms with Crippen LogP contribution in [0.5, 0.6) is 11.5 Å². The molecule has 0 heterocycles. The predicted molar refractivity (Wildman–Crippen MR) is 98.1 cm³/mol. The maximum absolute atomic E-state index is 12.0. The SMILES string of the molecule is COc1ccc(NC(=O)COc2c(Cl)c(C)c(Cl)c(C)c2Cl)cc1. The first-order chi connectivity index (χ1) is 11.3. The summed E-state index contributed by atoms with van der Waals surface area (Å²) in [7, 11) is 1.57. The van der Waals surface area contributed by atoms with Crippen molar-refractivity contribution in [2.24, 2.45) is 0 Å². The molecule has 0 radical (unpaired) electrons. The van der Waals surface area contributed by atoms with Gasteiger partial charge in [0.15, 0.2) is 12.4 Å². The first kappa shape index (κ1) is 18.7. The summed E-state index contributed by atoms with van der Waals surface area (Å²) < 4.78 is 10.6. The third-order valence-electron chi connectivity index (χ3n) is 3.44. The highest BCUT2D eigenvalue weighted by atomic mass is 35.5. The van der Waals surface area contributed by atoms with E-state index in [4.69, 9.17) is 44.3 Å². The molecule has 2 aromatic rings. The Balaban J connectivity index is 2.06. The Kier molecular flexibility index (Phi) is 6.21. The molecule has 0 aromatic heterocycles. The predicted octanol–water partition coefficient (Wildman–Crippen LogP) is 5.29. The van der Waals surface area contributed by atoms with Gasteiger partial charge < -0.3 is 14.8 Å². The van der Waals surface area contributed by atoms with Crippen molar-refractivity contribution in [1.82, 2.24) is 0 Å². The van der Waals surface area contributed by atoms with Crippen LogP contribution < -0.4 is 14.8 Å². The molecule has 128 valence electrons. The van der Waals surface area contributed by atoms with E-state index in [1.54, 1.807) is 45.2 Å². The molecular weight excluding hydrogens is 373 g/mol. The first-order valence-electron chi connectivity index (χ1n) is 7.05. The summed E-state index contributed by atoms with van der Waals surface area (Å²) in [6, 6.07) is 6.95. The van der Waals surface area contributed by atoms with Crippen molar-refractivity contribution in [3.63, 3.8) is 0 Å². The summed E-state index contributed by atoms with van der Waals surface area (Å²) in [6.45, 7) is 3.29. The highest BCUT2D eigenvalue weighted by Crippen LogP contribution is 2.42. The number of hydrogen-bond acceptors (Lipinski definition) is 3. The minimum absolute atomic E-state index is 0.230. The maximum atomic E-state index is 12.0. The molecule has 1 N–H and O–H groups in total. The summed E-state index contributed by atoms with van der Waals surface area (Å²) >= 11 is 18.6. The average molecular weight is 389 g/mol. The van der Waals surface area contributed by atoms with Crippen molar-refractivity contribution in [3.05, 3.63) is 50.5 Å². The van der Waals surface area contributed by atoms with Crippen molar-refractivity contribution in [2.75, 3.05) is 19.0 Å². The molecule has 0 bridgehead atoms. The quantitative estimate of drug-likeness (QED) is 0.757. The van der Waals surface area contributed by atoms with Crippen LogP contribution in [0.1, 0.15) is 11.1 Å². The van der Waals surface area contributed by atoms with Gasteiger partial charge in [-0.2, -0.15) is 0 Å². The van der Waals surface area contributed by atoms with Gasteiger partial charge in [0, 0.05) is 10.7 Å². The Morgan fingerprint density at radius 2 is 1.54 bits per heavy atom. The number of hydrogen-bond donors (Lipinski definition) is 1. The minimum Gasteiger partial charge on any atom is -0.497 e. The number of methoxy groups -OCH3 is 1. The molecule has 24 heavy (non-hydrogen) atoms. The fourth-order valence-corrected chi connectivity index (χ4v) is 2.87. The number of carbonyl (C=O) groups excluding carboxylic acids is 1. The van der Waals surface area contributed by atoms with E-state index in [9.17, 15) is 4.79 Å². The van der Waals surface area contributed by atoms with Gasteiger partial charge in [-0.15, -0.1) is 0 Å². The summed E-state index contributed by atoms with van der Waals surface area (Å²) in [4.78, 5) is 12.0. The lowest BCUT2D eigenvalue weighted by Gasteiger charge is -2.15. The van der Waals surface area contributed by atoms with E-state index in [1.165, 1.54) is 0 Å². The maximum Gasteiger partial charge on any atom is 0.262 e. The molecule has 0 saturated heterocycles. The molecule has 1 amide bonds. The van der Waals surface area contributed by atoms with E-state index in [1.807, 2.05) is 0 Å². The number of amides is 1. The first-order valence-corrected chi connectivity index (χ1v) is 8.19. The van der Waals surface area contributed by atoms with Crippen LogP contribution in [0.4, 0.5) is 5.69 Å². The second-order valence-electron chi connectivity index (χ2n) is 5.09. The van der Waals surface area contributed by atoms with Gasteiger partial charge in [-0.25, -0.2) is 0 Å². The van der Waals surface area contributed by atoms with E-state index in [2.05, 4.69) is 5.32 Å².